The predicted octanol–water partition coefficient (Wildman–Crippen LogP) is 3.71. The van der Waals surface area contributed by atoms with E-state index in [4.69, 9.17) is 10.2 Å². The summed E-state index contributed by atoms with van der Waals surface area (Å²) >= 11 is 0. The van der Waals surface area contributed by atoms with Crippen molar-refractivity contribution in [3.63, 3.8) is 0 Å². The van der Waals surface area contributed by atoms with Crippen LogP contribution in [0.15, 0.2) is 17.4 Å². The molecule has 0 amide bonds. The Morgan fingerprint density at radius 1 is 0.893 bits per heavy atom. The summed E-state index contributed by atoms with van der Waals surface area (Å²) in [6.07, 6.45) is 16.9. The van der Waals surface area contributed by atoms with Gasteiger partial charge < -0.3 is 14.7 Å². The van der Waals surface area contributed by atoms with Gasteiger partial charge in [-0.15, -0.1) is 0 Å². The Kier molecular flexibility index (Phi) is 13.4. The lowest BCUT2D eigenvalue weighted by Gasteiger charge is -2.25. The quantitative estimate of drug-likeness (QED) is 0.344. The molecule has 0 aromatic heterocycles. The maximum absolute atomic E-state index is 10.9. The van der Waals surface area contributed by atoms with Crippen molar-refractivity contribution in [2.45, 2.75) is 64.7 Å². The molecule has 0 saturated heterocycles. The van der Waals surface area contributed by atoms with Gasteiger partial charge in [-0.2, -0.15) is 0 Å². The zero-order chi connectivity index (χ0) is 21.5. The molecule has 0 aromatic carbocycles. The molecule has 7 heteroatoms. The first-order valence-electron chi connectivity index (χ1n) is 10.4. The zero-order valence-electron chi connectivity index (χ0n) is 18.3. The highest BCUT2D eigenvalue weighted by Crippen LogP contribution is 2.15. The van der Waals surface area contributed by atoms with E-state index in [1.807, 2.05) is 27.3 Å². The number of likely N-dealkylation sites (N-methyl/N-ethyl adjacent to an activating group) is 1. The van der Waals surface area contributed by atoms with Gasteiger partial charge in [-0.05, 0) is 12.8 Å². The van der Waals surface area contributed by atoms with E-state index in [0.29, 0.717) is 8.97 Å². The first kappa shape index (κ1) is 26.3. The first-order valence-corrected chi connectivity index (χ1v) is 10.4. The number of nitrogens with zero attached hydrogens (tertiary/aromatic N) is 3. The van der Waals surface area contributed by atoms with Crippen molar-refractivity contribution >= 4 is 18.3 Å². The first-order chi connectivity index (χ1) is 13.1. The highest BCUT2D eigenvalue weighted by atomic mass is 16.4. The molecule has 0 fully saturated rings. The maximum Gasteiger partial charge on any atom is 0.360 e. The van der Waals surface area contributed by atoms with Crippen LogP contribution in [0.4, 0.5) is 0 Å². The summed E-state index contributed by atoms with van der Waals surface area (Å²) in [4.78, 5) is 25.0. The third kappa shape index (κ3) is 15.3. The normalized spacial score (nSPS) is 18.0. The standard InChI is InChI=1S/C16H28N2O2.C5H11NO2/c1-2-3-4-5-6-7-8-9-10-12-18(14-16(19)20)13-11-17-15-18;1-6(2,3)4-5(7)8/h11,13,15H,2-10,12,14H2,1H3;4H2,1-3H3/p+2. The fraction of sp³-hybridized carbons (Fsp3) is 0.762. The van der Waals surface area contributed by atoms with Crippen molar-refractivity contribution in [3.8, 4) is 0 Å². The van der Waals surface area contributed by atoms with Crippen molar-refractivity contribution in [1.82, 2.24) is 0 Å². The molecule has 0 bridgehead atoms. The second kappa shape index (κ2) is 14.3. The molecule has 1 rings (SSSR count). The van der Waals surface area contributed by atoms with E-state index < -0.39 is 11.9 Å². The van der Waals surface area contributed by atoms with Gasteiger partial charge in [-0.25, -0.2) is 19.1 Å². The maximum atomic E-state index is 10.9. The van der Waals surface area contributed by atoms with Gasteiger partial charge in [0.15, 0.2) is 19.4 Å². The van der Waals surface area contributed by atoms with Crippen LogP contribution >= 0.6 is 0 Å². The highest BCUT2D eigenvalue weighted by molar-refractivity contribution is 5.70. The van der Waals surface area contributed by atoms with Crippen LogP contribution in [0.2, 0.25) is 0 Å². The SMILES string of the molecule is CCCCCCCCCCC[N+]1(CC(=O)O)C=CN=C1.C[N+](C)(C)CC(=O)O. The number of aliphatic carboxylic acids is 2. The van der Waals surface area contributed by atoms with Crippen molar-refractivity contribution in [2.24, 2.45) is 4.99 Å². The number of rotatable bonds is 14. The van der Waals surface area contributed by atoms with Crippen molar-refractivity contribution in [3.05, 3.63) is 12.4 Å². The summed E-state index contributed by atoms with van der Waals surface area (Å²) in [5.41, 5.74) is 0. The van der Waals surface area contributed by atoms with E-state index >= 15 is 0 Å². The molecule has 0 aliphatic carbocycles. The van der Waals surface area contributed by atoms with Crippen LogP contribution in [-0.2, 0) is 9.59 Å². The minimum Gasteiger partial charge on any atom is -0.477 e. The van der Waals surface area contributed by atoms with Gasteiger partial charge in [0.05, 0.1) is 33.9 Å². The molecule has 162 valence electrons. The minimum absolute atomic E-state index is 0.108. The summed E-state index contributed by atoms with van der Waals surface area (Å²) in [6.45, 7) is 3.38. The lowest BCUT2D eigenvalue weighted by atomic mass is 10.1. The van der Waals surface area contributed by atoms with Gasteiger partial charge in [0.2, 0.25) is 0 Å². The summed E-state index contributed by atoms with van der Waals surface area (Å²) in [6, 6.07) is 0. The molecular weight excluding hydrogens is 358 g/mol. The number of quaternary nitrogens is 2. The van der Waals surface area contributed by atoms with Crippen LogP contribution in [0.25, 0.3) is 0 Å². The highest BCUT2D eigenvalue weighted by Gasteiger charge is 2.28. The number of carboxylic acid groups (broad SMARTS) is 2. The van der Waals surface area contributed by atoms with Gasteiger partial charge in [0.1, 0.15) is 6.20 Å². The minimum atomic E-state index is -0.765. The zero-order valence-corrected chi connectivity index (χ0v) is 18.3. The molecule has 1 aliphatic heterocycles. The summed E-state index contributed by atoms with van der Waals surface area (Å²) in [7, 11) is 5.52. The Morgan fingerprint density at radius 3 is 1.79 bits per heavy atom. The Bertz CT molecular complexity index is 498. The van der Waals surface area contributed by atoms with E-state index in [-0.39, 0.29) is 13.1 Å². The van der Waals surface area contributed by atoms with Gasteiger partial charge >= 0.3 is 11.9 Å². The van der Waals surface area contributed by atoms with E-state index in [2.05, 4.69) is 11.9 Å². The van der Waals surface area contributed by atoms with E-state index in [1.54, 1.807) is 12.5 Å². The van der Waals surface area contributed by atoms with Crippen molar-refractivity contribution in [1.29, 1.82) is 0 Å². The Morgan fingerprint density at radius 2 is 1.43 bits per heavy atom. The molecule has 1 unspecified atom stereocenters. The number of hydrogen-bond acceptors (Lipinski definition) is 3. The number of hydrogen-bond donors (Lipinski definition) is 2. The monoisotopic (exact) mass is 399 g/mol. The summed E-state index contributed by atoms with van der Waals surface area (Å²) in [5.74, 6) is -1.52. The van der Waals surface area contributed by atoms with E-state index in [0.717, 1.165) is 13.0 Å². The van der Waals surface area contributed by atoms with Gasteiger partial charge in [0, 0.05) is 0 Å². The molecule has 1 heterocycles. The Labute approximate surface area is 170 Å². The van der Waals surface area contributed by atoms with Gasteiger partial charge in [0.25, 0.3) is 0 Å². The van der Waals surface area contributed by atoms with Crippen LogP contribution in [0.3, 0.4) is 0 Å². The second-order valence-electron chi connectivity index (χ2n) is 8.61. The number of aliphatic imine (C=N–C) groups is 1. The molecule has 2 N–H and O–H groups in total. The number of carbonyl (C=O) groups is 2. The molecule has 7 nitrogen and oxygen atoms in total. The summed E-state index contributed by atoms with van der Waals surface area (Å²) < 4.78 is 0.862. The van der Waals surface area contributed by atoms with Crippen LogP contribution in [0.1, 0.15) is 64.7 Å². The molecule has 0 aromatic rings. The smallest absolute Gasteiger partial charge is 0.360 e. The average Bonchev–Trinajstić information content (AvgIpc) is 2.99. The van der Waals surface area contributed by atoms with Crippen LogP contribution in [0.5, 0.6) is 0 Å². The van der Waals surface area contributed by atoms with Crippen LogP contribution in [0, 0.1) is 0 Å². The fourth-order valence-corrected chi connectivity index (χ4v) is 3.06. The van der Waals surface area contributed by atoms with E-state index in [9.17, 15) is 9.59 Å². The number of unbranched alkanes of at least 4 members (excludes halogenated alkanes) is 8. The topological polar surface area (TPSA) is 87.0 Å². The molecule has 0 spiro atoms. The molecule has 0 radical (unpaired) electrons. The van der Waals surface area contributed by atoms with E-state index in [1.165, 1.54) is 51.4 Å². The predicted molar refractivity (Wildman–Crippen MR) is 113 cm³/mol. The van der Waals surface area contributed by atoms with Crippen LogP contribution in [-0.4, -0.2) is 78.2 Å². The molecule has 28 heavy (non-hydrogen) atoms. The fourth-order valence-electron chi connectivity index (χ4n) is 3.06. The van der Waals surface area contributed by atoms with Gasteiger partial charge in [-0.1, -0.05) is 51.9 Å². The molecular formula is C21H41N3O4+2. The largest absolute Gasteiger partial charge is 0.477 e. The summed E-state index contributed by atoms with van der Waals surface area (Å²) in [5, 5.41) is 17.2. The third-order valence-electron chi connectivity index (χ3n) is 4.46. The van der Waals surface area contributed by atoms with Crippen molar-refractivity contribution in [2.75, 3.05) is 40.8 Å². The lowest BCUT2D eigenvalue weighted by molar-refractivity contribution is -0.862. The molecule has 0 saturated carbocycles. The second-order valence-corrected chi connectivity index (χ2v) is 8.61. The Balaban J connectivity index is 0.000000769. The number of carboxylic acids is 2. The van der Waals surface area contributed by atoms with Gasteiger partial charge in [-0.3, -0.25) is 0 Å². The Hall–Kier alpha value is -1.73. The average molecular weight is 400 g/mol. The lowest BCUT2D eigenvalue weighted by Crippen LogP contribution is -2.44. The molecule has 1 atom stereocenters. The third-order valence-corrected chi connectivity index (χ3v) is 4.46. The van der Waals surface area contributed by atoms with Crippen LogP contribution < -0.4 is 0 Å². The molecule has 1 aliphatic rings. The van der Waals surface area contributed by atoms with Crippen molar-refractivity contribution < 1.29 is 28.8 Å².